The third kappa shape index (κ3) is 6.54. The summed E-state index contributed by atoms with van der Waals surface area (Å²) in [4.78, 5) is 0. The van der Waals surface area contributed by atoms with E-state index >= 15 is 0 Å². The largest absolute Gasteiger partial charge is 1.00 e. The third-order valence-corrected chi connectivity index (χ3v) is 9.94. The Hall–Kier alpha value is 0.501. The average molecular weight is 466 g/mol. The van der Waals surface area contributed by atoms with Crippen molar-refractivity contribution in [1.82, 2.24) is 0 Å². The minimum Gasteiger partial charge on any atom is -1.00 e. The number of allylic oxidation sites excluding steroid dienone is 4. The SMILES string of the molecule is CCCCCC1=C(C)[C]([Ti+3])=C([SiH2]c2c(C)cc(C)cc2C)C1C.[Cl-].[Cl-].[Cl-]. The van der Waals surface area contributed by atoms with Gasteiger partial charge in [0.2, 0.25) is 0 Å². The first-order valence-electron chi connectivity index (χ1n) is 9.08. The molecule has 0 saturated carbocycles. The Balaban J connectivity index is 0. The number of hydrogen-bond acceptors (Lipinski definition) is 0. The zero-order valence-electron chi connectivity index (χ0n) is 16.9. The maximum absolute atomic E-state index is 2.46. The van der Waals surface area contributed by atoms with E-state index in [1.54, 1.807) is 25.4 Å². The molecule has 1 aliphatic rings. The molecule has 0 spiro atoms. The summed E-state index contributed by atoms with van der Waals surface area (Å²) in [5.41, 5.74) is 7.77. The molecule has 26 heavy (non-hydrogen) atoms. The van der Waals surface area contributed by atoms with Crippen molar-refractivity contribution < 1.29 is 57.7 Å². The Kier molecular flexibility index (Phi) is 14.2. The van der Waals surface area contributed by atoms with Crippen LogP contribution >= 0.6 is 0 Å². The molecule has 0 fully saturated rings. The van der Waals surface area contributed by atoms with E-state index < -0.39 is 0 Å². The molecule has 0 aromatic heterocycles. The van der Waals surface area contributed by atoms with Crippen LogP contribution in [0.25, 0.3) is 0 Å². The number of hydrogen-bond donors (Lipinski definition) is 0. The van der Waals surface area contributed by atoms with Gasteiger partial charge in [-0.1, -0.05) is 0 Å². The third-order valence-electron chi connectivity index (χ3n) is 5.48. The molecule has 1 aromatic carbocycles. The maximum atomic E-state index is 2.46. The van der Waals surface area contributed by atoms with E-state index in [1.165, 1.54) is 42.4 Å². The molecule has 0 heterocycles. The molecule has 0 nitrogen and oxygen atoms in total. The zero-order chi connectivity index (χ0) is 17.1. The molecule has 0 radical (unpaired) electrons. The molecule has 0 N–H and O–H groups in total. The van der Waals surface area contributed by atoms with Crippen LogP contribution in [0.2, 0.25) is 0 Å². The van der Waals surface area contributed by atoms with E-state index in [0.717, 1.165) is 0 Å². The number of rotatable bonds is 6. The monoisotopic (exact) mass is 464 g/mol. The van der Waals surface area contributed by atoms with E-state index in [4.69, 9.17) is 0 Å². The minimum absolute atomic E-state index is 0. The summed E-state index contributed by atoms with van der Waals surface area (Å²) >= 11 is 2.37. The van der Waals surface area contributed by atoms with Crippen LogP contribution in [0.4, 0.5) is 0 Å². The molecule has 1 unspecified atom stereocenters. The summed E-state index contributed by atoms with van der Waals surface area (Å²) in [6, 6.07) is 4.74. The second-order valence-electron chi connectivity index (χ2n) is 7.28. The average Bonchev–Trinajstić information content (AvgIpc) is 2.67. The van der Waals surface area contributed by atoms with Gasteiger partial charge in [-0.25, -0.2) is 0 Å². The van der Waals surface area contributed by atoms with Gasteiger partial charge in [0, 0.05) is 0 Å². The zero-order valence-corrected chi connectivity index (χ0v) is 22.1. The molecule has 0 aliphatic heterocycles. The van der Waals surface area contributed by atoms with E-state index in [9.17, 15) is 0 Å². The summed E-state index contributed by atoms with van der Waals surface area (Å²) in [6.45, 7) is 13.9. The van der Waals surface area contributed by atoms with Gasteiger partial charge in [-0.3, -0.25) is 0 Å². The van der Waals surface area contributed by atoms with Gasteiger partial charge in [0.15, 0.2) is 0 Å². The Morgan fingerprint density at radius 1 is 0.962 bits per heavy atom. The van der Waals surface area contributed by atoms with Crippen molar-refractivity contribution in [1.29, 1.82) is 0 Å². The van der Waals surface area contributed by atoms with Crippen LogP contribution in [0.3, 0.4) is 0 Å². The van der Waals surface area contributed by atoms with Crippen molar-refractivity contribution in [2.24, 2.45) is 5.92 Å². The molecule has 1 aliphatic carbocycles. The molecule has 0 amide bonds. The Bertz CT molecular complexity index is 642. The first-order chi connectivity index (χ1) is 10.9. The van der Waals surface area contributed by atoms with Crippen LogP contribution in [0, 0.1) is 26.7 Å². The van der Waals surface area contributed by atoms with Gasteiger partial charge in [-0.05, 0) is 0 Å². The van der Waals surface area contributed by atoms with Crippen LogP contribution in [0.15, 0.2) is 32.4 Å². The van der Waals surface area contributed by atoms with Crippen molar-refractivity contribution in [2.75, 3.05) is 0 Å². The number of halogens is 3. The Morgan fingerprint density at radius 3 is 2.00 bits per heavy atom. The van der Waals surface area contributed by atoms with Crippen LogP contribution in [0.1, 0.15) is 63.1 Å². The van der Waals surface area contributed by atoms with Gasteiger partial charge in [-0.15, -0.1) is 0 Å². The van der Waals surface area contributed by atoms with Crippen molar-refractivity contribution >= 4 is 14.7 Å². The maximum Gasteiger partial charge on any atom is -1.00 e. The van der Waals surface area contributed by atoms with Crippen LogP contribution in [-0.2, 0) is 20.4 Å². The first-order valence-corrected chi connectivity index (χ1v) is 11.3. The number of benzene rings is 1. The second kappa shape index (κ2) is 12.9. The van der Waals surface area contributed by atoms with E-state index in [2.05, 4.69) is 74.1 Å². The van der Waals surface area contributed by atoms with Gasteiger partial charge in [0.25, 0.3) is 0 Å². The fourth-order valence-corrected chi connectivity index (χ4v) is 7.18. The Labute approximate surface area is 193 Å². The molecular formula is C21H31Cl3SiTi. The minimum atomic E-state index is -0.358. The van der Waals surface area contributed by atoms with E-state index in [-0.39, 0.29) is 46.7 Å². The fraction of sp³-hybridized carbons (Fsp3) is 0.524. The normalized spacial score (nSPS) is 16.7. The summed E-state index contributed by atoms with van der Waals surface area (Å²) < 4.78 is 1.62. The summed E-state index contributed by atoms with van der Waals surface area (Å²) in [5, 5.41) is 3.48. The molecule has 0 bridgehead atoms. The van der Waals surface area contributed by atoms with E-state index in [0.29, 0.717) is 5.92 Å². The summed E-state index contributed by atoms with van der Waals surface area (Å²) in [6.07, 6.45) is 5.35. The fourth-order valence-electron chi connectivity index (χ4n) is 4.04. The quantitative estimate of drug-likeness (QED) is 0.295. The van der Waals surface area contributed by atoms with Crippen LogP contribution in [0.5, 0.6) is 0 Å². The molecule has 5 heteroatoms. The molecule has 1 atom stereocenters. The van der Waals surface area contributed by atoms with Crippen LogP contribution in [-0.4, -0.2) is 9.52 Å². The molecule has 0 saturated heterocycles. The van der Waals surface area contributed by atoms with E-state index in [1.807, 2.05) is 0 Å². The summed E-state index contributed by atoms with van der Waals surface area (Å²) in [5.74, 6) is 0.693. The standard InChI is InChI=1S/C21H31Si.3ClH.Ti/c1-7-8-9-10-19-15(3)13-20(18(19)6)22-21-16(4)11-14(2)12-17(21)5;;;;/h11-12,18H,7-10,22H2,1-6H3;3*1H;/q;;;;+3/p-3. The van der Waals surface area contributed by atoms with Crippen molar-refractivity contribution in [2.45, 2.75) is 67.2 Å². The predicted molar refractivity (Wildman–Crippen MR) is 102 cm³/mol. The topological polar surface area (TPSA) is 0 Å². The van der Waals surface area contributed by atoms with Crippen molar-refractivity contribution in [3.05, 3.63) is 49.0 Å². The van der Waals surface area contributed by atoms with Crippen molar-refractivity contribution in [3.8, 4) is 0 Å². The molecular weight excluding hydrogens is 435 g/mol. The predicted octanol–water partition coefficient (Wildman–Crippen LogP) is -4.28. The molecule has 144 valence electrons. The van der Waals surface area contributed by atoms with Gasteiger partial charge in [0.05, 0.1) is 0 Å². The Morgan fingerprint density at radius 2 is 1.50 bits per heavy atom. The summed E-state index contributed by atoms with van der Waals surface area (Å²) in [7, 11) is -0.358. The van der Waals surface area contributed by atoms with Crippen molar-refractivity contribution in [3.63, 3.8) is 0 Å². The molecule has 2 rings (SSSR count). The number of unbranched alkanes of at least 4 members (excludes halogenated alkanes) is 2. The van der Waals surface area contributed by atoms with Crippen LogP contribution < -0.4 is 42.4 Å². The van der Waals surface area contributed by atoms with Gasteiger partial charge in [0.1, 0.15) is 0 Å². The second-order valence-corrected chi connectivity index (χ2v) is 9.89. The van der Waals surface area contributed by atoms with Gasteiger partial charge in [-0.2, -0.15) is 0 Å². The smallest absolute Gasteiger partial charge is 1.00 e. The molecule has 1 aromatic rings. The van der Waals surface area contributed by atoms with Gasteiger partial charge >= 0.3 is 157 Å². The first kappa shape index (κ1) is 28.7. The number of aryl methyl sites for hydroxylation is 3. The van der Waals surface area contributed by atoms with Gasteiger partial charge < -0.3 is 37.2 Å².